The highest BCUT2D eigenvalue weighted by atomic mass is 35.5. The Morgan fingerprint density at radius 1 is 1.42 bits per heavy atom. The van der Waals surface area contributed by atoms with Crippen molar-refractivity contribution < 1.29 is 9.50 Å². The smallest absolute Gasteiger partial charge is 0.126 e. The van der Waals surface area contributed by atoms with Crippen LogP contribution in [0.4, 0.5) is 10.1 Å². The molecule has 12 heavy (non-hydrogen) atoms. The molecule has 0 aliphatic rings. The zero-order chi connectivity index (χ0) is 8.97. The molecule has 0 fully saturated rings. The largest absolute Gasteiger partial charge is 0.395 e. The summed E-state index contributed by atoms with van der Waals surface area (Å²) in [5.74, 6) is -0.386. The molecule has 0 aliphatic heterocycles. The average Bonchev–Trinajstić information content (AvgIpc) is 1.99. The number of aliphatic hydroxyl groups excluding tert-OH is 1. The van der Waals surface area contributed by atoms with E-state index >= 15 is 0 Å². The third-order valence-electron chi connectivity index (χ3n) is 1.30. The monoisotopic (exact) mass is 189 g/mol. The number of hydrogen-bond donors (Lipinski definition) is 2. The van der Waals surface area contributed by atoms with Crippen LogP contribution in [0.15, 0.2) is 18.2 Å². The van der Waals surface area contributed by atoms with Crippen molar-refractivity contribution in [3.63, 3.8) is 0 Å². The van der Waals surface area contributed by atoms with Gasteiger partial charge in [-0.25, -0.2) is 4.39 Å². The fourth-order valence-electron chi connectivity index (χ4n) is 0.856. The summed E-state index contributed by atoms with van der Waals surface area (Å²) in [7, 11) is 0. The van der Waals surface area contributed by atoms with Gasteiger partial charge in [-0.3, -0.25) is 0 Å². The van der Waals surface area contributed by atoms with Crippen LogP contribution in [0, 0.1) is 5.82 Å². The van der Waals surface area contributed by atoms with Crippen molar-refractivity contribution in [3.8, 4) is 0 Å². The molecule has 1 rings (SSSR count). The fourth-order valence-corrected chi connectivity index (χ4v) is 1.08. The molecule has 0 aliphatic carbocycles. The molecule has 2 nitrogen and oxygen atoms in total. The van der Waals surface area contributed by atoms with Crippen LogP contribution >= 0.6 is 11.6 Å². The van der Waals surface area contributed by atoms with Gasteiger partial charge < -0.3 is 10.4 Å². The summed E-state index contributed by atoms with van der Waals surface area (Å²) < 4.78 is 12.7. The van der Waals surface area contributed by atoms with E-state index in [1.165, 1.54) is 12.1 Å². The van der Waals surface area contributed by atoms with Gasteiger partial charge in [0, 0.05) is 17.3 Å². The third-order valence-corrected chi connectivity index (χ3v) is 1.52. The second-order valence-corrected chi connectivity index (χ2v) is 2.74. The Labute approximate surface area is 75.0 Å². The summed E-state index contributed by atoms with van der Waals surface area (Å²) in [5.41, 5.74) is 0.578. The zero-order valence-electron chi connectivity index (χ0n) is 6.35. The highest BCUT2D eigenvalue weighted by molar-refractivity contribution is 6.30. The molecule has 0 unspecified atom stereocenters. The first-order chi connectivity index (χ1) is 5.72. The summed E-state index contributed by atoms with van der Waals surface area (Å²) in [6, 6.07) is 4.15. The maximum Gasteiger partial charge on any atom is 0.126 e. The topological polar surface area (TPSA) is 32.3 Å². The van der Waals surface area contributed by atoms with Crippen molar-refractivity contribution in [1.82, 2.24) is 0 Å². The van der Waals surface area contributed by atoms with Crippen molar-refractivity contribution in [2.45, 2.75) is 0 Å². The molecular formula is C8H9ClFNO. The van der Waals surface area contributed by atoms with E-state index in [0.717, 1.165) is 0 Å². The molecule has 0 heterocycles. The quantitative estimate of drug-likeness (QED) is 0.761. The lowest BCUT2D eigenvalue weighted by molar-refractivity contribution is 0.311. The van der Waals surface area contributed by atoms with Gasteiger partial charge in [-0.15, -0.1) is 0 Å². The summed E-state index contributed by atoms with van der Waals surface area (Å²) in [6.07, 6.45) is 0. The molecule has 1 aromatic rings. The van der Waals surface area contributed by atoms with Crippen LogP contribution in [-0.4, -0.2) is 18.3 Å². The lowest BCUT2D eigenvalue weighted by atomic mass is 10.3. The molecule has 0 bridgehead atoms. The molecule has 2 N–H and O–H groups in total. The van der Waals surface area contributed by atoms with Crippen LogP contribution < -0.4 is 5.32 Å². The molecule has 4 heteroatoms. The Morgan fingerprint density at radius 3 is 2.75 bits per heavy atom. The van der Waals surface area contributed by atoms with Gasteiger partial charge in [-0.2, -0.15) is 0 Å². The van der Waals surface area contributed by atoms with Gasteiger partial charge in [-0.1, -0.05) is 11.6 Å². The highest BCUT2D eigenvalue weighted by Gasteiger charge is 1.97. The minimum absolute atomic E-state index is 0.00807. The predicted octanol–water partition coefficient (Wildman–Crippen LogP) is 1.88. The Kier molecular flexibility index (Phi) is 3.31. The van der Waals surface area contributed by atoms with E-state index in [2.05, 4.69) is 5.32 Å². The average molecular weight is 190 g/mol. The number of nitrogens with one attached hydrogen (secondary N) is 1. The summed E-state index contributed by atoms with van der Waals surface area (Å²) in [5, 5.41) is 11.6. The number of anilines is 1. The van der Waals surface area contributed by atoms with Crippen molar-refractivity contribution >= 4 is 17.3 Å². The highest BCUT2D eigenvalue weighted by Crippen LogP contribution is 2.17. The molecule has 0 amide bonds. The standard InChI is InChI=1S/C8H9ClFNO/c9-6-3-7(10)5-8(4-6)11-1-2-12/h3-5,11-12H,1-2H2. The van der Waals surface area contributed by atoms with Gasteiger partial charge >= 0.3 is 0 Å². The predicted molar refractivity (Wildman–Crippen MR) is 47.0 cm³/mol. The van der Waals surface area contributed by atoms with Crippen molar-refractivity contribution in [3.05, 3.63) is 29.0 Å². The number of halogens is 2. The SMILES string of the molecule is OCCNc1cc(F)cc(Cl)c1. The first-order valence-corrected chi connectivity index (χ1v) is 3.91. The molecule has 0 saturated heterocycles. The minimum atomic E-state index is -0.386. The van der Waals surface area contributed by atoms with Crippen LogP contribution in [0.1, 0.15) is 0 Å². The number of rotatable bonds is 3. The van der Waals surface area contributed by atoms with Crippen LogP contribution in [0.5, 0.6) is 0 Å². The maximum atomic E-state index is 12.7. The lowest BCUT2D eigenvalue weighted by Gasteiger charge is -2.04. The van der Waals surface area contributed by atoms with Crippen LogP contribution in [-0.2, 0) is 0 Å². The van der Waals surface area contributed by atoms with E-state index in [9.17, 15) is 4.39 Å². The van der Waals surface area contributed by atoms with Crippen LogP contribution in [0.3, 0.4) is 0 Å². The van der Waals surface area contributed by atoms with Crippen molar-refractivity contribution in [2.75, 3.05) is 18.5 Å². The van der Waals surface area contributed by atoms with Crippen molar-refractivity contribution in [2.24, 2.45) is 0 Å². The van der Waals surface area contributed by atoms with E-state index in [1.54, 1.807) is 6.07 Å². The van der Waals surface area contributed by atoms with Gasteiger partial charge in [-0.05, 0) is 18.2 Å². The van der Waals surface area contributed by atoms with E-state index in [4.69, 9.17) is 16.7 Å². The second-order valence-electron chi connectivity index (χ2n) is 2.31. The van der Waals surface area contributed by atoms with Gasteiger partial charge in [0.15, 0.2) is 0 Å². The van der Waals surface area contributed by atoms with Crippen molar-refractivity contribution in [1.29, 1.82) is 0 Å². The van der Waals surface area contributed by atoms with Crippen LogP contribution in [0.25, 0.3) is 0 Å². The van der Waals surface area contributed by atoms with E-state index in [1.807, 2.05) is 0 Å². The van der Waals surface area contributed by atoms with E-state index in [-0.39, 0.29) is 12.4 Å². The Balaban J connectivity index is 2.72. The van der Waals surface area contributed by atoms with E-state index < -0.39 is 0 Å². The summed E-state index contributed by atoms with van der Waals surface area (Å²) in [6.45, 7) is 0.397. The van der Waals surface area contributed by atoms with E-state index in [0.29, 0.717) is 17.3 Å². The first-order valence-electron chi connectivity index (χ1n) is 3.53. The fraction of sp³-hybridized carbons (Fsp3) is 0.250. The Hall–Kier alpha value is -0.800. The molecule has 0 aromatic heterocycles. The molecule has 66 valence electrons. The number of benzene rings is 1. The molecule has 0 radical (unpaired) electrons. The van der Waals surface area contributed by atoms with Gasteiger partial charge in [0.2, 0.25) is 0 Å². The van der Waals surface area contributed by atoms with Gasteiger partial charge in [0.25, 0.3) is 0 Å². The third kappa shape index (κ3) is 2.68. The molecule has 0 atom stereocenters. The molecule has 0 saturated carbocycles. The zero-order valence-corrected chi connectivity index (χ0v) is 7.11. The first kappa shape index (κ1) is 9.29. The Bertz CT molecular complexity index is 247. The summed E-state index contributed by atoms with van der Waals surface area (Å²) in [4.78, 5) is 0. The Morgan fingerprint density at radius 2 is 2.17 bits per heavy atom. The molecule has 0 spiro atoms. The minimum Gasteiger partial charge on any atom is -0.395 e. The normalized spacial score (nSPS) is 9.92. The second kappa shape index (κ2) is 4.28. The van der Waals surface area contributed by atoms with Gasteiger partial charge in [0.1, 0.15) is 5.82 Å². The number of hydrogen-bond acceptors (Lipinski definition) is 2. The molecular weight excluding hydrogens is 181 g/mol. The number of aliphatic hydroxyl groups is 1. The summed E-state index contributed by atoms with van der Waals surface area (Å²) >= 11 is 5.59. The lowest BCUT2D eigenvalue weighted by Crippen LogP contribution is -2.05. The maximum absolute atomic E-state index is 12.7. The van der Waals surface area contributed by atoms with Crippen LogP contribution in [0.2, 0.25) is 5.02 Å². The molecule has 1 aromatic carbocycles. The van der Waals surface area contributed by atoms with Gasteiger partial charge in [0.05, 0.1) is 6.61 Å².